The number of sulfonamides is 1. The fourth-order valence-corrected chi connectivity index (χ4v) is 3.51. The minimum absolute atomic E-state index is 0.227. The van der Waals surface area contributed by atoms with Crippen molar-refractivity contribution in [3.8, 4) is 11.5 Å². The number of fused-ring (bicyclic) bond motifs is 1. The zero-order valence-electron chi connectivity index (χ0n) is 12.9. The van der Waals surface area contributed by atoms with Crippen molar-refractivity contribution in [3.05, 3.63) is 53.6 Å². The molecule has 1 aliphatic rings. The van der Waals surface area contributed by atoms with E-state index in [4.69, 9.17) is 9.47 Å². The van der Waals surface area contributed by atoms with E-state index >= 15 is 0 Å². The van der Waals surface area contributed by atoms with Crippen molar-refractivity contribution >= 4 is 10.0 Å². The molecule has 1 aliphatic heterocycles. The quantitative estimate of drug-likeness (QED) is 0.882. The number of ether oxygens (including phenoxy) is 2. The Morgan fingerprint density at radius 3 is 2.70 bits per heavy atom. The number of hydrogen-bond acceptors (Lipinski definition) is 4. The molecule has 1 heterocycles. The molecule has 6 heteroatoms. The average Bonchev–Trinajstić information content (AvgIpc) is 3.01. The minimum Gasteiger partial charge on any atom is -0.494 e. The molecule has 5 nitrogen and oxygen atoms in total. The predicted octanol–water partition coefficient (Wildman–Crippen LogP) is 2.50. The van der Waals surface area contributed by atoms with Crippen LogP contribution in [0.15, 0.2) is 47.4 Å². The summed E-state index contributed by atoms with van der Waals surface area (Å²) in [5.41, 5.74) is 2.05. The normalized spacial score (nSPS) is 13.4. The summed E-state index contributed by atoms with van der Waals surface area (Å²) in [4.78, 5) is 0.227. The van der Waals surface area contributed by atoms with E-state index in [-0.39, 0.29) is 11.4 Å². The number of rotatable bonds is 6. The summed E-state index contributed by atoms with van der Waals surface area (Å²) in [6.07, 6.45) is 0.870. The molecule has 0 aromatic heterocycles. The van der Waals surface area contributed by atoms with E-state index < -0.39 is 10.0 Å². The summed E-state index contributed by atoms with van der Waals surface area (Å²) in [6, 6.07) is 12.2. The Hall–Kier alpha value is -2.05. The third kappa shape index (κ3) is 3.65. The van der Waals surface area contributed by atoms with E-state index in [0.717, 1.165) is 23.3 Å². The van der Waals surface area contributed by atoms with Gasteiger partial charge >= 0.3 is 0 Å². The van der Waals surface area contributed by atoms with Crippen LogP contribution >= 0.6 is 0 Å². The predicted molar refractivity (Wildman–Crippen MR) is 87.3 cm³/mol. The van der Waals surface area contributed by atoms with E-state index in [9.17, 15) is 8.42 Å². The molecule has 0 aliphatic carbocycles. The van der Waals surface area contributed by atoms with E-state index in [0.29, 0.717) is 19.0 Å². The lowest BCUT2D eigenvalue weighted by molar-refractivity contribution is 0.340. The highest BCUT2D eigenvalue weighted by atomic mass is 32.2. The molecule has 0 atom stereocenters. The van der Waals surface area contributed by atoms with Gasteiger partial charge in [0.05, 0.1) is 18.1 Å². The third-order valence-corrected chi connectivity index (χ3v) is 5.08. The number of benzene rings is 2. The Labute approximate surface area is 136 Å². The highest BCUT2D eigenvalue weighted by Gasteiger charge is 2.16. The van der Waals surface area contributed by atoms with Gasteiger partial charge in [-0.25, -0.2) is 13.1 Å². The second-order valence-electron chi connectivity index (χ2n) is 5.27. The second kappa shape index (κ2) is 6.60. The highest BCUT2D eigenvalue weighted by molar-refractivity contribution is 7.89. The van der Waals surface area contributed by atoms with Gasteiger partial charge < -0.3 is 9.47 Å². The standard InChI is InChI=1S/C17H19NO4S/c1-2-21-15-4-6-16(7-5-15)23(19,20)18-12-13-3-8-17-14(11-13)9-10-22-17/h3-8,11,18H,2,9-10,12H2,1H3. The molecule has 0 radical (unpaired) electrons. The molecule has 1 N–H and O–H groups in total. The SMILES string of the molecule is CCOc1ccc(S(=O)(=O)NCc2ccc3c(c2)CCO3)cc1. The first kappa shape index (κ1) is 15.8. The first-order valence-electron chi connectivity index (χ1n) is 7.55. The van der Waals surface area contributed by atoms with Gasteiger partial charge in [0.1, 0.15) is 11.5 Å². The summed E-state index contributed by atoms with van der Waals surface area (Å²) in [6.45, 7) is 3.37. The summed E-state index contributed by atoms with van der Waals surface area (Å²) < 4.78 is 38.1. The molecular formula is C17H19NO4S. The first-order valence-corrected chi connectivity index (χ1v) is 9.04. The van der Waals surface area contributed by atoms with Crippen LogP contribution in [0.5, 0.6) is 11.5 Å². The van der Waals surface area contributed by atoms with Crippen molar-refractivity contribution in [2.45, 2.75) is 24.8 Å². The maximum absolute atomic E-state index is 12.3. The maximum atomic E-state index is 12.3. The topological polar surface area (TPSA) is 64.6 Å². The molecule has 122 valence electrons. The summed E-state index contributed by atoms with van der Waals surface area (Å²) >= 11 is 0. The average molecular weight is 333 g/mol. The van der Waals surface area contributed by atoms with Gasteiger partial charge in [-0.1, -0.05) is 12.1 Å². The smallest absolute Gasteiger partial charge is 0.240 e. The monoisotopic (exact) mass is 333 g/mol. The van der Waals surface area contributed by atoms with E-state index in [1.165, 1.54) is 0 Å². The second-order valence-corrected chi connectivity index (χ2v) is 7.04. The van der Waals surface area contributed by atoms with Crippen LogP contribution in [0.1, 0.15) is 18.1 Å². The zero-order valence-corrected chi connectivity index (χ0v) is 13.7. The fraction of sp³-hybridized carbons (Fsp3) is 0.294. The largest absolute Gasteiger partial charge is 0.494 e. The van der Waals surface area contributed by atoms with Crippen LogP contribution in [0, 0.1) is 0 Å². The molecule has 0 saturated carbocycles. The molecule has 0 spiro atoms. The van der Waals surface area contributed by atoms with Gasteiger partial charge in [0, 0.05) is 13.0 Å². The van der Waals surface area contributed by atoms with Gasteiger partial charge in [-0.3, -0.25) is 0 Å². The fourth-order valence-electron chi connectivity index (χ4n) is 2.49. The van der Waals surface area contributed by atoms with Crippen LogP contribution in [0.3, 0.4) is 0 Å². The van der Waals surface area contributed by atoms with Gasteiger partial charge in [-0.05, 0) is 48.4 Å². The third-order valence-electron chi connectivity index (χ3n) is 3.67. The van der Waals surface area contributed by atoms with E-state index in [1.54, 1.807) is 24.3 Å². The van der Waals surface area contributed by atoms with Crippen LogP contribution < -0.4 is 14.2 Å². The molecule has 0 unspecified atom stereocenters. The molecule has 2 aromatic rings. The van der Waals surface area contributed by atoms with Gasteiger partial charge in [0.15, 0.2) is 0 Å². The lowest BCUT2D eigenvalue weighted by Crippen LogP contribution is -2.23. The van der Waals surface area contributed by atoms with Crippen LogP contribution in [0.25, 0.3) is 0 Å². The number of nitrogens with one attached hydrogen (secondary N) is 1. The van der Waals surface area contributed by atoms with Crippen molar-refractivity contribution in [1.29, 1.82) is 0 Å². The van der Waals surface area contributed by atoms with E-state index in [2.05, 4.69) is 4.72 Å². The van der Waals surface area contributed by atoms with Gasteiger partial charge in [-0.15, -0.1) is 0 Å². The van der Waals surface area contributed by atoms with Crippen LogP contribution in [-0.4, -0.2) is 21.6 Å². The number of hydrogen-bond donors (Lipinski definition) is 1. The Kier molecular flexibility index (Phi) is 4.54. The van der Waals surface area contributed by atoms with Gasteiger partial charge in [0.25, 0.3) is 0 Å². The van der Waals surface area contributed by atoms with Gasteiger partial charge in [-0.2, -0.15) is 0 Å². The lowest BCUT2D eigenvalue weighted by Gasteiger charge is -2.09. The molecule has 0 bridgehead atoms. The Bertz CT molecular complexity index is 785. The van der Waals surface area contributed by atoms with Crippen molar-refractivity contribution < 1.29 is 17.9 Å². The van der Waals surface area contributed by atoms with Crippen molar-refractivity contribution in [1.82, 2.24) is 4.72 Å². The highest BCUT2D eigenvalue weighted by Crippen LogP contribution is 2.26. The molecule has 3 rings (SSSR count). The van der Waals surface area contributed by atoms with Crippen molar-refractivity contribution in [2.24, 2.45) is 0 Å². The Morgan fingerprint density at radius 2 is 1.96 bits per heavy atom. The zero-order chi connectivity index (χ0) is 16.3. The van der Waals surface area contributed by atoms with Crippen molar-refractivity contribution in [2.75, 3.05) is 13.2 Å². The molecule has 0 saturated heterocycles. The molecule has 0 amide bonds. The van der Waals surface area contributed by atoms with Crippen molar-refractivity contribution in [3.63, 3.8) is 0 Å². The Balaban J connectivity index is 1.68. The Morgan fingerprint density at radius 1 is 1.17 bits per heavy atom. The molecule has 2 aromatic carbocycles. The van der Waals surface area contributed by atoms with Crippen LogP contribution in [-0.2, 0) is 23.0 Å². The molecular weight excluding hydrogens is 314 g/mol. The van der Waals surface area contributed by atoms with Gasteiger partial charge in [0.2, 0.25) is 10.0 Å². The van der Waals surface area contributed by atoms with E-state index in [1.807, 2.05) is 25.1 Å². The molecule has 0 fully saturated rings. The maximum Gasteiger partial charge on any atom is 0.240 e. The summed E-state index contributed by atoms with van der Waals surface area (Å²) in [7, 11) is -3.54. The summed E-state index contributed by atoms with van der Waals surface area (Å²) in [5, 5.41) is 0. The van der Waals surface area contributed by atoms with Crippen LogP contribution in [0.2, 0.25) is 0 Å². The lowest BCUT2D eigenvalue weighted by atomic mass is 10.1. The summed E-state index contributed by atoms with van der Waals surface area (Å²) in [5.74, 6) is 1.55. The molecule has 23 heavy (non-hydrogen) atoms. The minimum atomic E-state index is -3.54. The van der Waals surface area contributed by atoms with Crippen LogP contribution in [0.4, 0.5) is 0 Å². The first-order chi connectivity index (χ1) is 11.1.